The van der Waals surface area contributed by atoms with Gasteiger partial charge in [0.05, 0.1) is 17.1 Å². The molecule has 62 heavy (non-hydrogen) atoms. The molecule has 2 aromatic carbocycles. The molecule has 3 heterocycles. The number of benzene rings is 2. The van der Waals surface area contributed by atoms with E-state index in [0.717, 1.165) is 54.7 Å². The molecule has 3 aliphatic heterocycles. The summed E-state index contributed by atoms with van der Waals surface area (Å²) < 4.78 is 30.0. The lowest BCUT2D eigenvalue weighted by atomic mass is 9.68. The van der Waals surface area contributed by atoms with E-state index < -0.39 is 33.5 Å². The number of aryl methyl sites for hydroxylation is 2. The van der Waals surface area contributed by atoms with E-state index in [1.54, 1.807) is 6.92 Å². The van der Waals surface area contributed by atoms with Crippen LogP contribution in [0.15, 0.2) is 60.3 Å². The summed E-state index contributed by atoms with van der Waals surface area (Å²) in [6, 6.07) is 12.1. The van der Waals surface area contributed by atoms with Gasteiger partial charge in [0.2, 0.25) is 23.4 Å². The van der Waals surface area contributed by atoms with Crippen LogP contribution in [0.3, 0.4) is 0 Å². The van der Waals surface area contributed by atoms with Crippen molar-refractivity contribution in [2.24, 2.45) is 5.92 Å². The molecule has 0 aliphatic carbocycles. The molecule has 0 bridgehead atoms. The molecule has 0 spiro atoms. The van der Waals surface area contributed by atoms with E-state index >= 15 is 0 Å². The summed E-state index contributed by atoms with van der Waals surface area (Å²) >= 11 is 0. The maximum absolute atomic E-state index is 14.7. The molecule has 14 heteroatoms. The van der Waals surface area contributed by atoms with Gasteiger partial charge >= 0.3 is 5.97 Å². The van der Waals surface area contributed by atoms with Gasteiger partial charge in [-0.15, -0.1) is 0 Å². The molecule has 5 rings (SSSR count). The number of fused-ring (bicyclic) bond motifs is 5. The third-order valence-electron chi connectivity index (χ3n) is 12.2. The second kappa shape index (κ2) is 22.5. The quantitative estimate of drug-likeness (QED) is 0.0710. The van der Waals surface area contributed by atoms with Gasteiger partial charge < -0.3 is 26.4 Å². The van der Waals surface area contributed by atoms with Gasteiger partial charge in [-0.1, -0.05) is 68.5 Å². The van der Waals surface area contributed by atoms with Crippen LogP contribution in [0, 0.1) is 19.8 Å². The van der Waals surface area contributed by atoms with Gasteiger partial charge in [-0.2, -0.15) is 13.0 Å². The third kappa shape index (κ3) is 13.1. The predicted molar refractivity (Wildman–Crippen MR) is 246 cm³/mol. The first-order chi connectivity index (χ1) is 29.3. The Hall–Kier alpha value is -4.82. The van der Waals surface area contributed by atoms with Crippen molar-refractivity contribution in [2.45, 2.75) is 142 Å². The van der Waals surface area contributed by atoms with Crippen LogP contribution in [-0.4, -0.2) is 83.5 Å². The summed E-state index contributed by atoms with van der Waals surface area (Å²) in [5, 5.41) is 21.6. The Kier molecular flexibility index (Phi) is 18.1. The number of amides is 3. The molecular formula is C48H70N5O8S+. The van der Waals surface area contributed by atoms with Gasteiger partial charge in [0.15, 0.2) is 5.71 Å². The van der Waals surface area contributed by atoms with Crippen molar-refractivity contribution in [3.63, 3.8) is 0 Å². The number of allylic oxidation sites excluding steroid dienone is 4. The first-order valence-electron chi connectivity index (χ1n) is 22.4. The Morgan fingerprint density at radius 3 is 2.29 bits per heavy atom. The Balaban J connectivity index is 0.00000111. The lowest BCUT2D eigenvalue weighted by Crippen LogP contribution is -2.55. The molecule has 2 aromatic rings. The van der Waals surface area contributed by atoms with Gasteiger partial charge in [0, 0.05) is 66.9 Å². The van der Waals surface area contributed by atoms with Crippen LogP contribution >= 0.6 is 0 Å². The Bertz CT molecular complexity index is 2140. The fourth-order valence-electron chi connectivity index (χ4n) is 8.75. The summed E-state index contributed by atoms with van der Waals surface area (Å²) in [5.41, 5.74) is 8.04. The number of rotatable bonds is 12. The zero-order chi connectivity index (χ0) is 45.7. The van der Waals surface area contributed by atoms with Crippen molar-refractivity contribution in [3.8, 4) is 0 Å². The first kappa shape index (κ1) is 49.8. The molecule has 0 radical (unpaired) electrons. The van der Waals surface area contributed by atoms with E-state index in [9.17, 15) is 27.6 Å². The van der Waals surface area contributed by atoms with Crippen LogP contribution in [0.2, 0.25) is 0 Å². The Labute approximate surface area is 369 Å². The highest BCUT2D eigenvalue weighted by atomic mass is 32.2. The molecule has 3 aliphatic rings. The average Bonchev–Trinajstić information content (AvgIpc) is 3.58. The number of carboxylic acids is 1. The second-order valence-corrected chi connectivity index (χ2v) is 19.2. The number of aliphatic carboxylic acids is 1. The van der Waals surface area contributed by atoms with Gasteiger partial charge in [-0.25, -0.2) is 0 Å². The summed E-state index contributed by atoms with van der Waals surface area (Å²) in [6.45, 7) is 15.9. The number of unbranched alkanes of at least 4 members (excludes halogenated alkanes) is 3. The normalized spacial score (nSPS) is 22.8. The highest BCUT2D eigenvalue weighted by Gasteiger charge is 2.49. The lowest BCUT2D eigenvalue weighted by Gasteiger charge is -2.36. The van der Waals surface area contributed by atoms with E-state index in [0.29, 0.717) is 51.5 Å². The number of carbonyl (C=O) groups excluding carboxylic acids is 3. The van der Waals surface area contributed by atoms with Gasteiger partial charge in [-0.3, -0.25) is 23.7 Å². The van der Waals surface area contributed by atoms with Crippen LogP contribution in [0.1, 0.15) is 134 Å². The standard InChI is InChI=1S/C45H61N5O5.C3H8O3S/c1-7-8-16-32-42(54)49-36(43(55)46-25-13-9-12-20-41(52)53)29-47-40(51)19-11-10-14-26-50-37-24-22-31(3)28-34(37)44(4,5)39(50)18-15-17-38-45(32,6)33-27-30(2)21-23-35(33)48-38;1-2-3-7(4,5)6/h15,17-18,21-24,27-28,32,36H,7-14,16,19-20,25-26,29H2,1-6H3,(H4,46,47,49,51,52,53,54,55);2-3H2,1H3,(H,4,5,6)/p+1. The highest BCUT2D eigenvalue weighted by molar-refractivity contribution is 7.85. The van der Waals surface area contributed by atoms with E-state index in [1.807, 2.05) is 0 Å². The molecule has 0 saturated heterocycles. The summed E-state index contributed by atoms with van der Waals surface area (Å²) in [6.07, 6.45) is 14.0. The smallest absolute Gasteiger partial charge is 0.303 e. The summed E-state index contributed by atoms with van der Waals surface area (Å²) in [5.74, 6) is -2.25. The molecule has 340 valence electrons. The minimum absolute atomic E-state index is 0.0244. The maximum Gasteiger partial charge on any atom is 0.303 e. The topological polar surface area (TPSA) is 194 Å². The highest BCUT2D eigenvalue weighted by Crippen LogP contribution is 2.50. The summed E-state index contributed by atoms with van der Waals surface area (Å²) in [4.78, 5) is 52.5. The van der Waals surface area contributed by atoms with Gasteiger partial charge in [0.1, 0.15) is 12.6 Å². The fraction of sp³-hybridized carbons (Fsp3) is 0.562. The van der Waals surface area contributed by atoms with Crippen LogP contribution in [0.25, 0.3) is 0 Å². The number of nitrogens with one attached hydrogen (secondary N) is 4. The second-order valence-electron chi connectivity index (χ2n) is 17.7. The maximum atomic E-state index is 14.7. The molecule has 6 N–H and O–H groups in total. The zero-order valence-corrected chi connectivity index (χ0v) is 38.7. The van der Waals surface area contributed by atoms with E-state index in [-0.39, 0.29) is 41.9 Å². The van der Waals surface area contributed by atoms with Gasteiger partial charge in [-0.05, 0) is 96.9 Å². The Morgan fingerprint density at radius 1 is 0.919 bits per heavy atom. The van der Waals surface area contributed by atoms with E-state index in [2.05, 4.69) is 122 Å². The molecule has 13 nitrogen and oxygen atoms in total. The van der Waals surface area contributed by atoms with Crippen LogP contribution in [0.5, 0.6) is 0 Å². The predicted octanol–water partition coefficient (Wildman–Crippen LogP) is 7.53. The number of carbonyl (C=O) groups is 4. The van der Waals surface area contributed by atoms with E-state index in [1.165, 1.54) is 22.5 Å². The average molecular weight is 877 g/mol. The van der Waals surface area contributed by atoms with Crippen molar-refractivity contribution >= 4 is 50.9 Å². The minimum Gasteiger partial charge on any atom is -0.481 e. The van der Waals surface area contributed by atoms with Crippen molar-refractivity contribution in [2.75, 3.05) is 30.7 Å². The van der Waals surface area contributed by atoms with Crippen molar-refractivity contribution in [3.05, 3.63) is 82.6 Å². The zero-order valence-electron chi connectivity index (χ0n) is 37.9. The fourth-order valence-corrected chi connectivity index (χ4v) is 9.27. The first-order valence-corrected chi connectivity index (χ1v) is 24.0. The van der Waals surface area contributed by atoms with Gasteiger partial charge in [0.25, 0.3) is 10.1 Å². The number of hydrogen-bond acceptors (Lipinski definition) is 7. The van der Waals surface area contributed by atoms with Crippen molar-refractivity contribution in [1.29, 1.82) is 0 Å². The van der Waals surface area contributed by atoms with Crippen LogP contribution in [-0.2, 0) is 40.1 Å². The molecule has 3 atom stereocenters. The number of hydrogen-bond donors (Lipinski definition) is 6. The summed E-state index contributed by atoms with van der Waals surface area (Å²) in [7, 11) is -3.67. The van der Waals surface area contributed by atoms with E-state index in [4.69, 9.17) is 9.66 Å². The third-order valence-corrected chi connectivity index (χ3v) is 13.2. The molecule has 3 amide bonds. The van der Waals surface area contributed by atoms with Crippen LogP contribution < -0.4 is 21.3 Å². The molecule has 0 aromatic heterocycles. The van der Waals surface area contributed by atoms with Crippen molar-refractivity contribution < 1.29 is 41.8 Å². The lowest BCUT2D eigenvalue weighted by molar-refractivity contribution is -0.438. The molecule has 3 unspecified atom stereocenters. The molecule has 0 saturated carbocycles. The van der Waals surface area contributed by atoms with Crippen LogP contribution in [0.4, 0.5) is 11.4 Å². The monoisotopic (exact) mass is 876 g/mol. The largest absolute Gasteiger partial charge is 0.481 e. The number of anilines is 1. The number of carboxylic acid groups (broad SMARTS) is 1. The van der Waals surface area contributed by atoms with Crippen molar-refractivity contribution in [1.82, 2.24) is 16.0 Å². The molecule has 0 fully saturated rings. The number of nitrogens with zero attached hydrogens (tertiary/aromatic N) is 1. The SMILES string of the molecule is CCCCC1C(=O)NC(C(=O)NCCCCCC(=O)O)CNC(=O)CCCCC[N+]2=C(/C=C/C=C3\Nc4ccc(C)cc4C31C)C(C)(C)c1cc(C)ccc12.CCCS(=O)(=O)O. The molecular weight excluding hydrogens is 807 g/mol. The minimum atomic E-state index is -3.67. The Morgan fingerprint density at radius 2 is 1.63 bits per heavy atom.